The van der Waals surface area contributed by atoms with E-state index in [1.165, 1.54) is 11.1 Å². The van der Waals surface area contributed by atoms with Gasteiger partial charge in [0, 0.05) is 36.6 Å². The minimum absolute atomic E-state index is 0.174. The van der Waals surface area contributed by atoms with Crippen LogP contribution in [0.4, 0.5) is 4.79 Å². The highest BCUT2D eigenvalue weighted by Crippen LogP contribution is 2.38. The molecule has 0 unspecified atom stereocenters. The first kappa shape index (κ1) is 29.8. The van der Waals surface area contributed by atoms with E-state index < -0.39 is 5.60 Å². The summed E-state index contributed by atoms with van der Waals surface area (Å²) in [6.07, 6.45) is 3.22. The Labute approximate surface area is 254 Å². The van der Waals surface area contributed by atoms with Crippen LogP contribution in [0.5, 0.6) is 0 Å². The summed E-state index contributed by atoms with van der Waals surface area (Å²) in [7, 11) is 0. The van der Waals surface area contributed by atoms with E-state index in [2.05, 4.69) is 64.1 Å². The summed E-state index contributed by atoms with van der Waals surface area (Å²) in [5, 5.41) is 18.2. The van der Waals surface area contributed by atoms with Gasteiger partial charge in [-0.2, -0.15) is 0 Å². The molecule has 1 saturated heterocycles. The zero-order chi connectivity index (χ0) is 29.3. The summed E-state index contributed by atoms with van der Waals surface area (Å²) in [6, 6.07) is 38.4. The van der Waals surface area contributed by atoms with Crippen LogP contribution >= 0.6 is 11.6 Å². The average molecular weight is 582 g/mol. The van der Waals surface area contributed by atoms with Gasteiger partial charge in [-0.05, 0) is 66.6 Å². The van der Waals surface area contributed by atoms with Crippen LogP contribution in [0.25, 0.3) is 0 Å². The predicted octanol–water partition coefficient (Wildman–Crippen LogP) is 6.89. The van der Waals surface area contributed by atoms with Gasteiger partial charge in [-0.15, -0.1) is 0 Å². The molecule has 6 heteroatoms. The fraction of sp³-hybridized carbons (Fsp3) is 0.306. The van der Waals surface area contributed by atoms with E-state index in [4.69, 9.17) is 11.6 Å². The van der Waals surface area contributed by atoms with Crippen molar-refractivity contribution in [3.8, 4) is 0 Å². The molecule has 5 nitrogen and oxygen atoms in total. The molecule has 4 aromatic rings. The summed E-state index contributed by atoms with van der Waals surface area (Å²) in [6.45, 7) is 3.57. The van der Waals surface area contributed by atoms with Crippen LogP contribution in [0.15, 0.2) is 115 Å². The molecule has 42 heavy (non-hydrogen) atoms. The van der Waals surface area contributed by atoms with Crippen LogP contribution in [0.1, 0.15) is 47.9 Å². The number of halogens is 1. The first-order valence-electron chi connectivity index (χ1n) is 14.8. The Morgan fingerprint density at radius 2 is 1.33 bits per heavy atom. The summed E-state index contributed by atoms with van der Waals surface area (Å²) in [5.41, 5.74) is 3.19. The number of piperidine rings is 1. The summed E-state index contributed by atoms with van der Waals surface area (Å²) < 4.78 is 0. The van der Waals surface area contributed by atoms with E-state index in [0.29, 0.717) is 31.0 Å². The molecule has 0 spiro atoms. The third kappa shape index (κ3) is 7.40. The average Bonchev–Trinajstić information content (AvgIpc) is 3.04. The quantitative estimate of drug-likeness (QED) is 0.181. The molecule has 1 aliphatic rings. The molecule has 0 radical (unpaired) electrons. The Kier molecular flexibility index (Phi) is 9.96. The second kappa shape index (κ2) is 14.0. The first-order valence-corrected chi connectivity index (χ1v) is 15.2. The van der Waals surface area contributed by atoms with Crippen molar-refractivity contribution in [2.75, 3.05) is 26.2 Å². The molecule has 1 aliphatic heterocycles. The molecule has 0 aliphatic carbocycles. The zero-order valence-corrected chi connectivity index (χ0v) is 24.8. The van der Waals surface area contributed by atoms with Gasteiger partial charge in [0.2, 0.25) is 0 Å². The monoisotopic (exact) mass is 581 g/mol. The first-order chi connectivity index (χ1) is 20.5. The summed E-state index contributed by atoms with van der Waals surface area (Å²) >= 11 is 6.07. The Balaban J connectivity index is 1.26. The van der Waals surface area contributed by atoms with Gasteiger partial charge in [-0.1, -0.05) is 115 Å². The molecular formula is C36H40ClN3O2. The molecule has 218 valence electrons. The number of likely N-dealkylation sites (tertiary alicyclic amines) is 1. The maximum absolute atomic E-state index is 13.0. The molecule has 1 fully saturated rings. The molecule has 2 amide bonds. The Morgan fingerprint density at radius 3 is 1.90 bits per heavy atom. The van der Waals surface area contributed by atoms with Crippen molar-refractivity contribution >= 4 is 17.6 Å². The van der Waals surface area contributed by atoms with Gasteiger partial charge in [0.15, 0.2) is 0 Å². The van der Waals surface area contributed by atoms with Crippen LogP contribution < -0.4 is 10.6 Å². The number of carbonyl (C=O) groups is 1. The Bertz CT molecular complexity index is 1350. The Morgan fingerprint density at radius 1 is 0.786 bits per heavy atom. The number of urea groups is 1. The molecule has 1 heterocycles. The number of rotatable bonds is 11. The molecule has 0 bridgehead atoms. The van der Waals surface area contributed by atoms with Crippen LogP contribution in [0.2, 0.25) is 5.02 Å². The van der Waals surface area contributed by atoms with E-state index in [1.807, 2.05) is 66.7 Å². The van der Waals surface area contributed by atoms with Crippen molar-refractivity contribution in [1.29, 1.82) is 0 Å². The van der Waals surface area contributed by atoms with Gasteiger partial charge in [0.25, 0.3) is 0 Å². The lowest BCUT2D eigenvalue weighted by Crippen LogP contribution is -2.46. The van der Waals surface area contributed by atoms with E-state index >= 15 is 0 Å². The highest BCUT2D eigenvalue weighted by atomic mass is 35.5. The molecule has 0 saturated carbocycles. The minimum Gasteiger partial charge on any atom is -0.385 e. The lowest BCUT2D eigenvalue weighted by molar-refractivity contribution is -0.0262. The third-order valence-corrected chi connectivity index (χ3v) is 8.89. The lowest BCUT2D eigenvalue weighted by Gasteiger charge is -2.40. The van der Waals surface area contributed by atoms with Crippen molar-refractivity contribution in [3.05, 3.63) is 143 Å². The third-order valence-electron chi connectivity index (χ3n) is 8.64. The van der Waals surface area contributed by atoms with Crippen LogP contribution in [-0.4, -0.2) is 42.2 Å². The molecule has 4 aromatic carbocycles. The molecular weight excluding hydrogens is 542 g/mol. The van der Waals surface area contributed by atoms with E-state index in [-0.39, 0.29) is 11.4 Å². The van der Waals surface area contributed by atoms with Gasteiger partial charge in [0.1, 0.15) is 0 Å². The summed E-state index contributed by atoms with van der Waals surface area (Å²) in [4.78, 5) is 15.4. The number of benzene rings is 4. The normalized spacial score (nSPS) is 15.2. The maximum Gasteiger partial charge on any atom is 0.315 e. The number of nitrogens with zero attached hydrogens (tertiary/aromatic N) is 1. The number of hydrogen-bond acceptors (Lipinski definition) is 3. The maximum atomic E-state index is 13.0. The standard InChI is InChI=1S/C36H40ClN3O2/c37-33-19-17-32(18-20-33)36(42)22-25-40(26-23-36)24-10-21-35(30-13-6-2-7-14-30,31-15-8-3-9-16-31)28-39-34(41)38-27-29-11-4-1-5-12-29/h1-9,11-20,42H,10,21-28H2,(H2,38,39,41). The topological polar surface area (TPSA) is 64.6 Å². The second-order valence-electron chi connectivity index (χ2n) is 11.3. The van der Waals surface area contributed by atoms with Gasteiger partial charge in [-0.25, -0.2) is 4.79 Å². The fourth-order valence-corrected chi connectivity index (χ4v) is 6.26. The van der Waals surface area contributed by atoms with Crippen molar-refractivity contribution in [3.63, 3.8) is 0 Å². The largest absolute Gasteiger partial charge is 0.385 e. The van der Waals surface area contributed by atoms with Crippen LogP contribution in [-0.2, 0) is 17.6 Å². The van der Waals surface area contributed by atoms with Crippen molar-refractivity contribution in [2.24, 2.45) is 0 Å². The highest BCUT2D eigenvalue weighted by molar-refractivity contribution is 6.30. The van der Waals surface area contributed by atoms with Crippen LogP contribution in [0, 0.1) is 0 Å². The van der Waals surface area contributed by atoms with Gasteiger partial charge < -0.3 is 20.6 Å². The lowest BCUT2D eigenvalue weighted by atomic mass is 9.71. The van der Waals surface area contributed by atoms with Gasteiger partial charge in [-0.3, -0.25) is 0 Å². The minimum atomic E-state index is -0.810. The molecule has 0 atom stereocenters. The SMILES string of the molecule is O=C(NCc1ccccc1)NCC(CCCN1CCC(O)(c2ccc(Cl)cc2)CC1)(c1ccccc1)c1ccccc1. The Hall–Kier alpha value is -3.64. The summed E-state index contributed by atoms with van der Waals surface area (Å²) in [5.74, 6) is 0. The van der Waals surface area contributed by atoms with Crippen molar-refractivity contribution < 1.29 is 9.90 Å². The smallest absolute Gasteiger partial charge is 0.315 e. The number of nitrogens with one attached hydrogen (secondary N) is 2. The van der Waals surface area contributed by atoms with Gasteiger partial charge >= 0.3 is 6.03 Å². The number of amides is 2. The van der Waals surface area contributed by atoms with E-state index in [1.54, 1.807) is 0 Å². The zero-order valence-electron chi connectivity index (χ0n) is 24.0. The molecule has 3 N–H and O–H groups in total. The predicted molar refractivity (Wildman–Crippen MR) is 171 cm³/mol. The van der Waals surface area contributed by atoms with E-state index in [0.717, 1.165) is 43.6 Å². The molecule has 5 rings (SSSR count). The van der Waals surface area contributed by atoms with Crippen molar-refractivity contribution in [2.45, 2.75) is 43.2 Å². The van der Waals surface area contributed by atoms with Gasteiger partial charge in [0.05, 0.1) is 5.60 Å². The van der Waals surface area contributed by atoms with E-state index in [9.17, 15) is 9.90 Å². The second-order valence-corrected chi connectivity index (χ2v) is 11.8. The van der Waals surface area contributed by atoms with Crippen LogP contribution in [0.3, 0.4) is 0 Å². The highest BCUT2D eigenvalue weighted by Gasteiger charge is 2.36. The number of hydrogen-bond donors (Lipinski definition) is 3. The van der Waals surface area contributed by atoms with Crippen molar-refractivity contribution in [1.82, 2.24) is 15.5 Å². The fourth-order valence-electron chi connectivity index (χ4n) is 6.13. The number of aliphatic hydroxyl groups is 1. The number of carbonyl (C=O) groups excluding carboxylic acids is 1. The molecule has 0 aromatic heterocycles.